The van der Waals surface area contributed by atoms with E-state index in [4.69, 9.17) is 0 Å². The van der Waals surface area contributed by atoms with Crippen LogP contribution < -0.4 is 10.6 Å². The van der Waals surface area contributed by atoms with E-state index in [9.17, 15) is 9.59 Å². The van der Waals surface area contributed by atoms with E-state index in [0.29, 0.717) is 30.9 Å². The van der Waals surface area contributed by atoms with Crippen LogP contribution in [-0.4, -0.2) is 49.7 Å². The number of hydrogen-bond acceptors (Lipinski definition) is 6. The van der Waals surface area contributed by atoms with Gasteiger partial charge in [0, 0.05) is 19.3 Å². The van der Waals surface area contributed by atoms with Crippen molar-refractivity contribution < 1.29 is 9.59 Å². The topological polar surface area (TPSA) is 117 Å². The first-order valence-corrected chi connectivity index (χ1v) is 9.56. The fraction of sp³-hybridized carbons (Fsp3) is 0.167. The smallest absolute Gasteiger partial charge is 0.290 e. The van der Waals surface area contributed by atoms with Crippen LogP contribution in [0.15, 0.2) is 48.0 Å². The minimum atomic E-state index is -0.345. The Morgan fingerprint density at radius 3 is 2.75 bits per heavy atom. The van der Waals surface area contributed by atoms with E-state index in [1.165, 1.54) is 0 Å². The minimum Gasteiger partial charge on any atom is -0.351 e. The lowest BCUT2D eigenvalue weighted by Crippen LogP contribution is -2.30. The summed E-state index contributed by atoms with van der Waals surface area (Å²) >= 11 is 1.57. The van der Waals surface area contributed by atoms with E-state index in [2.05, 4.69) is 30.9 Å². The van der Waals surface area contributed by atoms with Gasteiger partial charge >= 0.3 is 0 Å². The Kier molecular flexibility index (Phi) is 5.11. The van der Waals surface area contributed by atoms with Gasteiger partial charge in [0.15, 0.2) is 11.3 Å². The lowest BCUT2D eigenvalue weighted by molar-refractivity contribution is 0.0942. The van der Waals surface area contributed by atoms with E-state index in [1.807, 2.05) is 29.6 Å². The molecule has 0 saturated carbocycles. The third-order valence-electron chi connectivity index (χ3n) is 3.97. The zero-order chi connectivity index (χ0) is 19.3. The van der Waals surface area contributed by atoms with Gasteiger partial charge in [0.05, 0.1) is 10.6 Å². The number of nitrogens with zero attached hydrogens (tertiary/aromatic N) is 4. The number of carbonyl (C=O) groups excluding carboxylic acids is 2. The van der Waals surface area contributed by atoms with E-state index in [-0.39, 0.29) is 17.6 Å². The fourth-order valence-electron chi connectivity index (χ4n) is 2.59. The second-order valence-corrected chi connectivity index (χ2v) is 6.90. The number of nitrogens with one attached hydrogen (secondary N) is 3. The van der Waals surface area contributed by atoms with Gasteiger partial charge in [-0.2, -0.15) is 5.10 Å². The highest BCUT2D eigenvalue weighted by molar-refractivity contribution is 7.13. The van der Waals surface area contributed by atoms with Crippen LogP contribution >= 0.6 is 11.3 Å². The third-order valence-corrected chi connectivity index (χ3v) is 4.87. The minimum absolute atomic E-state index is 0.118. The summed E-state index contributed by atoms with van der Waals surface area (Å²) < 4.78 is 1.55. The van der Waals surface area contributed by atoms with Crippen LogP contribution in [0, 0.1) is 0 Å². The van der Waals surface area contributed by atoms with E-state index < -0.39 is 0 Å². The van der Waals surface area contributed by atoms with Gasteiger partial charge in [-0.15, -0.1) is 16.4 Å². The molecule has 0 bridgehead atoms. The van der Waals surface area contributed by atoms with Crippen LogP contribution in [0.1, 0.15) is 27.5 Å². The van der Waals surface area contributed by atoms with Crippen molar-refractivity contribution in [2.75, 3.05) is 13.1 Å². The molecule has 0 aromatic carbocycles. The van der Waals surface area contributed by atoms with Gasteiger partial charge in [0.1, 0.15) is 0 Å². The molecule has 28 heavy (non-hydrogen) atoms. The zero-order valence-corrected chi connectivity index (χ0v) is 15.6. The van der Waals surface area contributed by atoms with Gasteiger partial charge in [-0.05, 0) is 36.1 Å². The van der Waals surface area contributed by atoms with E-state index in [1.54, 1.807) is 34.2 Å². The molecule has 4 heterocycles. The number of thiophene rings is 1. The van der Waals surface area contributed by atoms with Crippen LogP contribution in [0.4, 0.5) is 0 Å². The molecule has 0 aliphatic rings. The molecule has 9 nitrogen and oxygen atoms in total. The molecule has 0 saturated heterocycles. The van der Waals surface area contributed by atoms with Crippen LogP contribution in [0.5, 0.6) is 0 Å². The van der Waals surface area contributed by atoms with Crippen molar-refractivity contribution in [2.24, 2.45) is 0 Å². The fourth-order valence-corrected chi connectivity index (χ4v) is 3.28. The molecule has 4 aromatic rings. The quantitative estimate of drug-likeness (QED) is 0.412. The van der Waals surface area contributed by atoms with Gasteiger partial charge in [-0.3, -0.25) is 14.7 Å². The van der Waals surface area contributed by atoms with Crippen LogP contribution in [0.2, 0.25) is 0 Å². The second-order valence-electron chi connectivity index (χ2n) is 5.95. The average Bonchev–Trinajstić information content (AvgIpc) is 3.46. The average molecular weight is 395 g/mol. The lowest BCUT2D eigenvalue weighted by atomic mass is 10.3. The number of fused-ring (bicyclic) bond motifs is 1. The highest BCUT2D eigenvalue weighted by Crippen LogP contribution is 2.22. The van der Waals surface area contributed by atoms with Gasteiger partial charge in [-0.1, -0.05) is 12.1 Å². The van der Waals surface area contributed by atoms with Crippen molar-refractivity contribution in [3.05, 3.63) is 59.5 Å². The summed E-state index contributed by atoms with van der Waals surface area (Å²) in [5.74, 6) is -0.483. The van der Waals surface area contributed by atoms with E-state index in [0.717, 1.165) is 10.6 Å². The first-order valence-electron chi connectivity index (χ1n) is 8.68. The predicted molar refractivity (Wildman–Crippen MR) is 104 cm³/mol. The molecule has 0 spiro atoms. The van der Waals surface area contributed by atoms with Gasteiger partial charge in [-0.25, -0.2) is 9.50 Å². The van der Waals surface area contributed by atoms with Crippen molar-refractivity contribution in [3.63, 3.8) is 0 Å². The Labute approximate surface area is 163 Å². The molecular formula is C18H17N7O2S. The zero-order valence-electron chi connectivity index (χ0n) is 14.8. The van der Waals surface area contributed by atoms with E-state index >= 15 is 0 Å². The molecule has 0 fully saturated rings. The maximum absolute atomic E-state index is 12.1. The largest absolute Gasteiger partial charge is 0.351 e. The Balaban J connectivity index is 1.21. The third kappa shape index (κ3) is 3.91. The number of rotatable bonds is 7. The van der Waals surface area contributed by atoms with Crippen LogP contribution in [-0.2, 0) is 0 Å². The summed E-state index contributed by atoms with van der Waals surface area (Å²) in [6.07, 6.45) is 2.31. The number of carbonyl (C=O) groups is 2. The highest BCUT2D eigenvalue weighted by Gasteiger charge is 2.13. The molecule has 10 heteroatoms. The summed E-state index contributed by atoms with van der Waals surface area (Å²) in [7, 11) is 0. The number of aromatic nitrogens is 5. The Bertz CT molecular complexity index is 1070. The molecule has 3 N–H and O–H groups in total. The molecule has 0 radical (unpaired) electrons. The van der Waals surface area contributed by atoms with Crippen LogP contribution in [0.25, 0.3) is 16.2 Å². The molecule has 0 aliphatic carbocycles. The summed E-state index contributed by atoms with van der Waals surface area (Å²) in [5.41, 5.74) is 1.76. The van der Waals surface area contributed by atoms with Crippen molar-refractivity contribution in [1.29, 1.82) is 0 Å². The highest BCUT2D eigenvalue weighted by atomic mass is 32.1. The lowest BCUT2D eigenvalue weighted by Gasteiger charge is -2.04. The van der Waals surface area contributed by atoms with Gasteiger partial charge < -0.3 is 10.6 Å². The first kappa shape index (κ1) is 17.9. The van der Waals surface area contributed by atoms with Crippen molar-refractivity contribution in [2.45, 2.75) is 6.42 Å². The maximum atomic E-state index is 12.1. The number of amides is 2. The van der Waals surface area contributed by atoms with Crippen molar-refractivity contribution in [1.82, 2.24) is 35.4 Å². The summed E-state index contributed by atoms with van der Waals surface area (Å²) in [6, 6.07) is 11.0. The summed E-state index contributed by atoms with van der Waals surface area (Å²) in [6.45, 7) is 0.814. The molecular weight excluding hydrogens is 378 g/mol. The summed E-state index contributed by atoms with van der Waals surface area (Å²) in [5, 5.41) is 18.5. The first-order chi connectivity index (χ1) is 13.7. The SMILES string of the molecule is O=C(NCCCNC(=O)c1nc2ccccn2n1)c1cc(-c2cccs2)[nH]n1. The van der Waals surface area contributed by atoms with Crippen molar-refractivity contribution in [3.8, 4) is 10.6 Å². The normalized spacial score (nSPS) is 10.9. The predicted octanol–water partition coefficient (Wildman–Crippen LogP) is 1.73. The number of aromatic amines is 1. The Hall–Kier alpha value is -3.53. The Morgan fingerprint density at radius 1 is 1.11 bits per heavy atom. The monoisotopic (exact) mass is 395 g/mol. The number of pyridine rings is 1. The van der Waals surface area contributed by atoms with Gasteiger partial charge in [0.25, 0.3) is 11.8 Å². The molecule has 0 unspecified atom stereocenters. The number of hydrogen-bond donors (Lipinski definition) is 3. The number of H-pyrrole nitrogens is 1. The molecule has 4 rings (SSSR count). The van der Waals surface area contributed by atoms with Gasteiger partial charge in [0.2, 0.25) is 5.82 Å². The molecule has 142 valence electrons. The molecule has 4 aromatic heterocycles. The second kappa shape index (κ2) is 8.01. The standard InChI is InChI=1S/C18H17N7O2S/c26-17(13-11-12(22-23-13)14-5-3-10-28-14)19-7-4-8-20-18(27)16-21-15-6-1-2-9-25(15)24-16/h1-3,5-6,9-11H,4,7-8H2,(H,19,26)(H,20,27)(H,22,23). The molecule has 0 atom stereocenters. The molecule has 2 amide bonds. The molecule has 0 aliphatic heterocycles. The summed E-state index contributed by atoms with van der Waals surface area (Å²) in [4.78, 5) is 29.4. The van der Waals surface area contributed by atoms with Crippen LogP contribution in [0.3, 0.4) is 0 Å². The van der Waals surface area contributed by atoms with Crippen molar-refractivity contribution >= 4 is 28.8 Å². The Morgan fingerprint density at radius 2 is 1.96 bits per heavy atom. The maximum Gasteiger partial charge on any atom is 0.290 e.